The molecule has 0 unspecified atom stereocenters. The van der Waals surface area contributed by atoms with Crippen LogP contribution in [0.4, 0.5) is 5.82 Å². The maximum atomic E-state index is 12.4. The van der Waals surface area contributed by atoms with Crippen LogP contribution in [0.25, 0.3) is 0 Å². The summed E-state index contributed by atoms with van der Waals surface area (Å²) in [6.45, 7) is 3.91. The highest BCUT2D eigenvalue weighted by molar-refractivity contribution is 7.92. The minimum Gasteiger partial charge on any atom is -0.489 e. The summed E-state index contributed by atoms with van der Waals surface area (Å²) in [5.41, 5.74) is 1.96. The van der Waals surface area contributed by atoms with Gasteiger partial charge in [-0.3, -0.25) is 4.72 Å². The second kappa shape index (κ2) is 7.47. The number of aryl methyl sites for hydroxylation is 2. The fraction of sp³-hybridized carbons (Fsp3) is 0.167. The summed E-state index contributed by atoms with van der Waals surface area (Å²) < 4.78 is 38.0. The van der Waals surface area contributed by atoms with E-state index in [4.69, 9.17) is 14.5 Å². The van der Waals surface area contributed by atoms with Gasteiger partial charge in [-0.2, -0.15) is 5.26 Å². The van der Waals surface area contributed by atoms with Gasteiger partial charge in [-0.05, 0) is 50.2 Å². The number of pyridine rings is 1. The molecular weight excluding hydrogens is 368 g/mol. The van der Waals surface area contributed by atoms with E-state index < -0.39 is 10.0 Å². The van der Waals surface area contributed by atoms with Gasteiger partial charge in [0, 0.05) is 6.20 Å². The van der Waals surface area contributed by atoms with Gasteiger partial charge in [-0.25, -0.2) is 13.4 Å². The Morgan fingerprint density at radius 2 is 1.93 bits per heavy atom. The third-order valence-electron chi connectivity index (χ3n) is 3.83. The Morgan fingerprint density at radius 3 is 2.48 bits per heavy atom. The minimum absolute atomic E-state index is 0.0679. The number of anilines is 1. The van der Waals surface area contributed by atoms with Crippen molar-refractivity contribution >= 4 is 15.8 Å². The predicted molar refractivity (Wildman–Crippen MR) is 96.5 cm³/mol. The van der Waals surface area contributed by atoms with Crippen molar-refractivity contribution in [2.24, 2.45) is 0 Å². The van der Waals surface area contributed by atoms with Gasteiger partial charge in [0.05, 0.1) is 21.7 Å². The lowest BCUT2D eigenvalue weighted by Gasteiger charge is -2.09. The van der Waals surface area contributed by atoms with E-state index in [9.17, 15) is 8.42 Å². The van der Waals surface area contributed by atoms with E-state index in [1.807, 2.05) is 13.0 Å². The van der Waals surface area contributed by atoms with Crippen molar-refractivity contribution in [1.82, 2.24) is 10.1 Å². The Kier molecular flexibility index (Phi) is 5.09. The molecule has 0 saturated carbocycles. The van der Waals surface area contributed by atoms with Gasteiger partial charge in [0.2, 0.25) is 0 Å². The molecule has 0 radical (unpaired) electrons. The lowest BCUT2D eigenvalue weighted by molar-refractivity contribution is 0.301. The van der Waals surface area contributed by atoms with Crippen LogP contribution in [0, 0.1) is 25.2 Å². The zero-order valence-electron chi connectivity index (χ0n) is 14.6. The maximum Gasteiger partial charge on any atom is 0.263 e. The minimum atomic E-state index is -3.80. The van der Waals surface area contributed by atoms with Crippen molar-refractivity contribution < 1.29 is 17.7 Å². The van der Waals surface area contributed by atoms with Gasteiger partial charge in [-0.15, -0.1) is 0 Å². The first-order chi connectivity index (χ1) is 12.9. The molecule has 1 aromatic carbocycles. The maximum absolute atomic E-state index is 12.4. The second-order valence-corrected chi connectivity index (χ2v) is 7.39. The van der Waals surface area contributed by atoms with Crippen LogP contribution in [0.5, 0.6) is 5.75 Å². The van der Waals surface area contributed by atoms with E-state index >= 15 is 0 Å². The van der Waals surface area contributed by atoms with Crippen molar-refractivity contribution in [2.45, 2.75) is 25.3 Å². The Hall–Kier alpha value is -3.38. The molecule has 0 fully saturated rings. The van der Waals surface area contributed by atoms with Crippen molar-refractivity contribution in [3.63, 3.8) is 0 Å². The molecular formula is C18H16N4O4S. The average Bonchev–Trinajstić information content (AvgIpc) is 2.98. The zero-order valence-corrected chi connectivity index (χ0v) is 15.4. The quantitative estimate of drug-likeness (QED) is 0.694. The third kappa shape index (κ3) is 4.24. The van der Waals surface area contributed by atoms with Gasteiger partial charge in [-0.1, -0.05) is 5.16 Å². The van der Waals surface area contributed by atoms with Crippen LogP contribution in [-0.4, -0.2) is 18.6 Å². The number of sulfonamides is 1. The predicted octanol–water partition coefficient (Wildman–Crippen LogP) is 2.94. The van der Waals surface area contributed by atoms with Crippen LogP contribution in [-0.2, 0) is 16.6 Å². The molecule has 0 bridgehead atoms. The smallest absolute Gasteiger partial charge is 0.263 e. The fourth-order valence-electron chi connectivity index (χ4n) is 2.30. The lowest BCUT2D eigenvalue weighted by atomic mass is 10.2. The van der Waals surface area contributed by atoms with Gasteiger partial charge >= 0.3 is 0 Å². The summed E-state index contributed by atoms with van der Waals surface area (Å²) in [6, 6.07) is 10.8. The van der Waals surface area contributed by atoms with E-state index in [1.165, 1.54) is 30.5 Å². The highest BCUT2D eigenvalue weighted by Gasteiger charge is 2.15. The van der Waals surface area contributed by atoms with E-state index in [2.05, 4.69) is 14.9 Å². The SMILES string of the molecule is Cc1noc(C)c1COc1ccc(S(=O)(=O)Nc2ccc(C#N)cn2)cc1. The molecule has 0 spiro atoms. The van der Waals surface area contributed by atoms with Crippen LogP contribution >= 0.6 is 0 Å². The Morgan fingerprint density at radius 1 is 1.19 bits per heavy atom. The Bertz CT molecular complexity index is 1060. The van der Waals surface area contributed by atoms with Gasteiger partial charge in [0.25, 0.3) is 10.0 Å². The number of hydrogen-bond acceptors (Lipinski definition) is 7. The molecule has 0 aliphatic carbocycles. The second-order valence-electron chi connectivity index (χ2n) is 5.71. The van der Waals surface area contributed by atoms with Gasteiger partial charge in [0.15, 0.2) is 0 Å². The molecule has 2 aromatic heterocycles. The van der Waals surface area contributed by atoms with Crippen LogP contribution in [0.2, 0.25) is 0 Å². The summed E-state index contributed by atoms with van der Waals surface area (Å²) in [4.78, 5) is 3.97. The standard InChI is InChI=1S/C18H16N4O4S/c1-12-17(13(2)26-21-12)11-25-15-4-6-16(7-5-15)27(23,24)22-18-8-3-14(9-19)10-20-18/h3-8,10H,11H2,1-2H3,(H,20,22). The molecule has 27 heavy (non-hydrogen) atoms. The first-order valence-electron chi connectivity index (χ1n) is 7.92. The summed E-state index contributed by atoms with van der Waals surface area (Å²) in [5, 5.41) is 12.6. The van der Waals surface area contributed by atoms with E-state index in [0.29, 0.717) is 17.1 Å². The molecule has 8 nitrogen and oxygen atoms in total. The van der Waals surface area contributed by atoms with E-state index in [0.717, 1.165) is 11.3 Å². The van der Waals surface area contributed by atoms with E-state index in [-0.39, 0.29) is 17.3 Å². The molecule has 138 valence electrons. The molecule has 9 heteroatoms. The van der Waals surface area contributed by atoms with Crippen LogP contribution in [0.1, 0.15) is 22.6 Å². The number of nitrogens with one attached hydrogen (secondary N) is 1. The largest absolute Gasteiger partial charge is 0.489 e. The average molecular weight is 384 g/mol. The van der Waals surface area contributed by atoms with Crippen molar-refractivity contribution in [2.75, 3.05) is 4.72 Å². The Labute approximate surface area is 156 Å². The van der Waals surface area contributed by atoms with Crippen molar-refractivity contribution in [3.8, 4) is 11.8 Å². The normalized spacial score (nSPS) is 11.0. The highest BCUT2D eigenvalue weighted by atomic mass is 32.2. The molecule has 1 N–H and O–H groups in total. The first kappa shape index (κ1) is 18.4. The molecule has 3 aromatic rings. The lowest BCUT2D eigenvalue weighted by Crippen LogP contribution is -2.13. The zero-order chi connectivity index (χ0) is 19.4. The summed E-state index contributed by atoms with van der Waals surface area (Å²) >= 11 is 0. The third-order valence-corrected chi connectivity index (χ3v) is 5.20. The summed E-state index contributed by atoms with van der Waals surface area (Å²) in [6.07, 6.45) is 1.30. The molecule has 0 amide bonds. The first-order valence-corrected chi connectivity index (χ1v) is 9.41. The number of rotatable bonds is 6. The topological polar surface area (TPSA) is 118 Å². The monoisotopic (exact) mass is 384 g/mol. The number of ether oxygens (including phenoxy) is 1. The molecule has 2 heterocycles. The highest BCUT2D eigenvalue weighted by Crippen LogP contribution is 2.21. The van der Waals surface area contributed by atoms with Gasteiger partial charge in [0.1, 0.15) is 30.0 Å². The molecule has 0 saturated heterocycles. The fourth-order valence-corrected chi connectivity index (χ4v) is 3.30. The summed E-state index contributed by atoms with van der Waals surface area (Å²) in [7, 11) is -3.80. The molecule has 0 aliphatic rings. The van der Waals surface area contributed by atoms with Crippen LogP contribution in [0.3, 0.4) is 0 Å². The van der Waals surface area contributed by atoms with Crippen LogP contribution in [0.15, 0.2) is 52.0 Å². The molecule has 0 aliphatic heterocycles. The van der Waals surface area contributed by atoms with E-state index in [1.54, 1.807) is 19.1 Å². The van der Waals surface area contributed by atoms with Crippen molar-refractivity contribution in [1.29, 1.82) is 5.26 Å². The number of hydrogen-bond donors (Lipinski definition) is 1. The number of nitrogens with zero attached hydrogens (tertiary/aromatic N) is 3. The number of aromatic nitrogens is 2. The van der Waals surface area contributed by atoms with Crippen LogP contribution < -0.4 is 9.46 Å². The Balaban J connectivity index is 1.69. The molecule has 3 rings (SSSR count). The summed E-state index contributed by atoms with van der Waals surface area (Å²) in [5.74, 6) is 1.34. The van der Waals surface area contributed by atoms with Crippen molar-refractivity contribution in [3.05, 3.63) is 65.2 Å². The number of benzene rings is 1. The molecule has 0 atom stereocenters. The number of nitriles is 1. The van der Waals surface area contributed by atoms with Gasteiger partial charge < -0.3 is 9.26 Å².